The summed E-state index contributed by atoms with van der Waals surface area (Å²) in [5.41, 5.74) is 4.12. The Morgan fingerprint density at radius 2 is 1.68 bits per heavy atom. The number of hydrogen-bond donors (Lipinski definition) is 1. The van der Waals surface area contributed by atoms with E-state index in [4.69, 9.17) is 0 Å². The first-order valence-electron chi connectivity index (χ1n) is 8.03. The van der Waals surface area contributed by atoms with Gasteiger partial charge < -0.3 is 5.32 Å². The molecule has 25 heavy (non-hydrogen) atoms. The predicted octanol–water partition coefficient (Wildman–Crippen LogP) is 4.22. The van der Waals surface area contributed by atoms with Crippen LogP contribution in [0, 0.1) is 0 Å². The molecule has 0 fully saturated rings. The molecule has 0 saturated heterocycles. The fourth-order valence-corrected chi connectivity index (χ4v) is 3.16. The molecule has 4 rings (SSSR count). The SMILES string of the molecule is FC(F)(F)c1ccc(-c2nn(Cc3ccccc3)c3c2CNC3)cc1. The molecule has 0 amide bonds. The molecule has 0 unspecified atom stereocenters. The maximum atomic E-state index is 12.8. The number of benzene rings is 2. The molecule has 1 aromatic heterocycles. The molecule has 128 valence electrons. The average molecular weight is 343 g/mol. The van der Waals surface area contributed by atoms with Gasteiger partial charge in [0.15, 0.2) is 0 Å². The summed E-state index contributed by atoms with van der Waals surface area (Å²) < 4.78 is 40.2. The van der Waals surface area contributed by atoms with Crippen molar-refractivity contribution in [2.45, 2.75) is 25.8 Å². The van der Waals surface area contributed by atoms with Gasteiger partial charge in [0.05, 0.1) is 23.5 Å². The number of hydrogen-bond acceptors (Lipinski definition) is 2. The summed E-state index contributed by atoms with van der Waals surface area (Å²) >= 11 is 0. The second-order valence-electron chi connectivity index (χ2n) is 6.10. The van der Waals surface area contributed by atoms with Crippen molar-refractivity contribution in [3.63, 3.8) is 0 Å². The lowest BCUT2D eigenvalue weighted by Crippen LogP contribution is -2.10. The Morgan fingerprint density at radius 3 is 2.36 bits per heavy atom. The fraction of sp³-hybridized carbons (Fsp3) is 0.211. The van der Waals surface area contributed by atoms with Gasteiger partial charge in [-0.05, 0) is 17.7 Å². The molecule has 2 heterocycles. The molecule has 6 heteroatoms. The van der Waals surface area contributed by atoms with E-state index in [2.05, 4.69) is 10.4 Å². The van der Waals surface area contributed by atoms with Crippen molar-refractivity contribution in [2.75, 3.05) is 0 Å². The van der Waals surface area contributed by atoms with Gasteiger partial charge in [-0.2, -0.15) is 18.3 Å². The smallest absolute Gasteiger partial charge is 0.307 e. The zero-order chi connectivity index (χ0) is 17.4. The molecule has 0 radical (unpaired) electrons. The van der Waals surface area contributed by atoms with Crippen molar-refractivity contribution in [2.24, 2.45) is 0 Å². The Bertz CT molecular complexity index is 881. The number of halogens is 3. The van der Waals surface area contributed by atoms with Gasteiger partial charge in [-0.25, -0.2) is 0 Å². The molecular weight excluding hydrogens is 327 g/mol. The van der Waals surface area contributed by atoms with E-state index in [1.165, 1.54) is 12.1 Å². The fourth-order valence-electron chi connectivity index (χ4n) is 3.16. The van der Waals surface area contributed by atoms with E-state index < -0.39 is 11.7 Å². The Hall–Kier alpha value is -2.60. The zero-order valence-corrected chi connectivity index (χ0v) is 13.3. The van der Waals surface area contributed by atoms with Crippen LogP contribution in [0.3, 0.4) is 0 Å². The minimum absolute atomic E-state index is 0.644. The third kappa shape index (κ3) is 3.05. The number of fused-ring (bicyclic) bond motifs is 1. The van der Waals surface area contributed by atoms with Crippen LogP contribution in [0.15, 0.2) is 54.6 Å². The lowest BCUT2D eigenvalue weighted by molar-refractivity contribution is -0.137. The lowest BCUT2D eigenvalue weighted by Gasteiger charge is -2.07. The highest BCUT2D eigenvalue weighted by atomic mass is 19.4. The van der Waals surface area contributed by atoms with E-state index in [0.29, 0.717) is 18.7 Å². The van der Waals surface area contributed by atoms with Crippen LogP contribution in [0.25, 0.3) is 11.3 Å². The summed E-state index contributed by atoms with van der Waals surface area (Å²) in [6, 6.07) is 15.2. The van der Waals surface area contributed by atoms with Crippen LogP contribution in [-0.2, 0) is 25.8 Å². The largest absolute Gasteiger partial charge is 0.416 e. The van der Waals surface area contributed by atoms with Gasteiger partial charge in [0, 0.05) is 24.2 Å². The van der Waals surface area contributed by atoms with Crippen LogP contribution in [0.4, 0.5) is 13.2 Å². The van der Waals surface area contributed by atoms with E-state index in [1.54, 1.807) is 0 Å². The van der Waals surface area contributed by atoms with Crippen LogP contribution in [-0.4, -0.2) is 9.78 Å². The number of aromatic nitrogens is 2. The number of nitrogens with zero attached hydrogens (tertiary/aromatic N) is 2. The molecule has 0 bridgehead atoms. The number of nitrogens with one attached hydrogen (secondary N) is 1. The van der Waals surface area contributed by atoms with Gasteiger partial charge >= 0.3 is 6.18 Å². The lowest BCUT2D eigenvalue weighted by atomic mass is 10.1. The van der Waals surface area contributed by atoms with Gasteiger partial charge in [-0.3, -0.25) is 4.68 Å². The average Bonchev–Trinajstić information content (AvgIpc) is 3.19. The first-order valence-corrected chi connectivity index (χ1v) is 8.03. The van der Waals surface area contributed by atoms with Gasteiger partial charge in [-0.15, -0.1) is 0 Å². The molecule has 3 aromatic rings. The monoisotopic (exact) mass is 343 g/mol. The normalized spacial score (nSPS) is 13.9. The van der Waals surface area contributed by atoms with E-state index in [0.717, 1.165) is 41.2 Å². The van der Waals surface area contributed by atoms with E-state index in [-0.39, 0.29) is 0 Å². The van der Waals surface area contributed by atoms with Crippen LogP contribution >= 0.6 is 0 Å². The highest BCUT2D eigenvalue weighted by Gasteiger charge is 2.30. The van der Waals surface area contributed by atoms with E-state index >= 15 is 0 Å². The minimum atomic E-state index is -4.32. The Balaban J connectivity index is 1.70. The molecule has 1 N–H and O–H groups in total. The van der Waals surface area contributed by atoms with E-state index in [9.17, 15) is 13.2 Å². The molecule has 0 aliphatic carbocycles. The molecule has 0 spiro atoms. The molecule has 1 aliphatic rings. The van der Waals surface area contributed by atoms with Crippen LogP contribution < -0.4 is 5.32 Å². The van der Waals surface area contributed by atoms with Gasteiger partial charge in [0.25, 0.3) is 0 Å². The minimum Gasteiger partial charge on any atom is -0.307 e. The summed E-state index contributed by atoms with van der Waals surface area (Å²) in [5, 5.41) is 7.98. The van der Waals surface area contributed by atoms with Crippen molar-refractivity contribution >= 4 is 0 Å². The third-order valence-corrected chi connectivity index (χ3v) is 4.42. The van der Waals surface area contributed by atoms with Gasteiger partial charge in [-0.1, -0.05) is 42.5 Å². The van der Waals surface area contributed by atoms with Crippen LogP contribution in [0.1, 0.15) is 22.4 Å². The maximum Gasteiger partial charge on any atom is 0.416 e. The van der Waals surface area contributed by atoms with Crippen molar-refractivity contribution in [1.29, 1.82) is 0 Å². The molecule has 1 aliphatic heterocycles. The summed E-state index contributed by atoms with van der Waals surface area (Å²) in [6.45, 7) is 2.04. The standard InChI is InChI=1S/C19H16F3N3/c20-19(21,22)15-8-6-14(7-9-15)18-16-10-23-11-17(16)25(24-18)12-13-4-2-1-3-5-13/h1-9,23H,10-12H2. The predicted molar refractivity (Wildman–Crippen MR) is 88.8 cm³/mol. The van der Waals surface area contributed by atoms with Crippen molar-refractivity contribution in [3.05, 3.63) is 77.0 Å². The molecule has 0 atom stereocenters. The quantitative estimate of drug-likeness (QED) is 0.772. The van der Waals surface area contributed by atoms with Crippen LogP contribution in [0.2, 0.25) is 0 Å². The number of alkyl halides is 3. The first-order chi connectivity index (χ1) is 12.0. The maximum absolute atomic E-state index is 12.8. The molecule has 3 nitrogen and oxygen atoms in total. The summed E-state index contributed by atoms with van der Waals surface area (Å²) in [7, 11) is 0. The molecule has 2 aromatic carbocycles. The van der Waals surface area contributed by atoms with Gasteiger partial charge in [0.1, 0.15) is 0 Å². The highest BCUT2D eigenvalue weighted by Crippen LogP contribution is 2.33. The zero-order valence-electron chi connectivity index (χ0n) is 13.3. The topological polar surface area (TPSA) is 29.9 Å². The second-order valence-corrected chi connectivity index (χ2v) is 6.10. The first kappa shape index (κ1) is 15.9. The van der Waals surface area contributed by atoms with Gasteiger partial charge in [0.2, 0.25) is 0 Å². The molecular formula is C19H16F3N3. The van der Waals surface area contributed by atoms with E-state index in [1.807, 2.05) is 35.0 Å². The van der Waals surface area contributed by atoms with Crippen molar-refractivity contribution in [1.82, 2.24) is 15.1 Å². The Labute approximate surface area is 143 Å². The van der Waals surface area contributed by atoms with Crippen molar-refractivity contribution in [3.8, 4) is 11.3 Å². The third-order valence-electron chi connectivity index (χ3n) is 4.42. The Kier molecular flexibility index (Phi) is 3.84. The summed E-state index contributed by atoms with van der Waals surface area (Å²) in [4.78, 5) is 0. The number of rotatable bonds is 3. The second kappa shape index (κ2) is 6.04. The Morgan fingerprint density at radius 1 is 0.960 bits per heavy atom. The highest BCUT2D eigenvalue weighted by molar-refractivity contribution is 5.65. The summed E-state index contributed by atoms with van der Waals surface area (Å²) in [5.74, 6) is 0. The molecule has 0 saturated carbocycles. The summed E-state index contributed by atoms with van der Waals surface area (Å²) in [6.07, 6.45) is -4.32. The van der Waals surface area contributed by atoms with Crippen molar-refractivity contribution < 1.29 is 13.2 Å². The van der Waals surface area contributed by atoms with Crippen LogP contribution in [0.5, 0.6) is 0 Å².